The van der Waals surface area contributed by atoms with E-state index in [1.54, 1.807) is 11.3 Å². The summed E-state index contributed by atoms with van der Waals surface area (Å²) in [6.07, 6.45) is 1.92. The molecule has 19 heavy (non-hydrogen) atoms. The third-order valence-corrected chi connectivity index (χ3v) is 4.73. The van der Waals surface area contributed by atoms with Gasteiger partial charge < -0.3 is 0 Å². The maximum atomic E-state index is 12.7. The van der Waals surface area contributed by atoms with E-state index in [0.29, 0.717) is 0 Å². The van der Waals surface area contributed by atoms with Crippen molar-refractivity contribution in [1.82, 2.24) is 0 Å². The summed E-state index contributed by atoms with van der Waals surface area (Å²) < 4.78 is 2.20. The van der Waals surface area contributed by atoms with Crippen molar-refractivity contribution in [3.8, 4) is 0 Å². The van der Waals surface area contributed by atoms with E-state index < -0.39 is 0 Å². The highest BCUT2D eigenvalue weighted by Gasteiger charge is 2.10. The molecule has 0 fully saturated rings. The van der Waals surface area contributed by atoms with Crippen molar-refractivity contribution in [1.29, 1.82) is 0 Å². The summed E-state index contributed by atoms with van der Waals surface area (Å²) in [6.45, 7) is 4.28. The summed E-state index contributed by atoms with van der Waals surface area (Å²) >= 11 is 1.72. The number of hydrogen-bond donors (Lipinski definition) is 0. The molecule has 0 radical (unpaired) electrons. The quantitative estimate of drug-likeness (QED) is 0.624. The van der Waals surface area contributed by atoms with Crippen molar-refractivity contribution in [2.75, 3.05) is 0 Å². The molecule has 0 aliphatic heterocycles. The molecular formula is C17H16OS. The maximum absolute atomic E-state index is 12.7. The van der Waals surface area contributed by atoms with Crippen LogP contribution in [-0.2, 0) is 12.8 Å². The van der Waals surface area contributed by atoms with Gasteiger partial charge in [0.15, 0.2) is 5.43 Å². The highest BCUT2D eigenvalue weighted by atomic mass is 32.1. The molecule has 1 heterocycles. The largest absolute Gasteiger partial charge is 0.288 e. The monoisotopic (exact) mass is 268 g/mol. The molecular weight excluding hydrogens is 252 g/mol. The van der Waals surface area contributed by atoms with Crippen molar-refractivity contribution in [2.24, 2.45) is 0 Å². The molecule has 0 aliphatic carbocycles. The minimum absolute atomic E-state index is 0.184. The van der Waals surface area contributed by atoms with Crippen LogP contribution >= 0.6 is 11.3 Å². The van der Waals surface area contributed by atoms with E-state index in [4.69, 9.17) is 0 Å². The van der Waals surface area contributed by atoms with E-state index in [1.807, 2.05) is 24.3 Å². The van der Waals surface area contributed by atoms with Gasteiger partial charge in [-0.2, -0.15) is 0 Å². The molecule has 0 saturated carbocycles. The summed E-state index contributed by atoms with van der Waals surface area (Å²) in [7, 11) is 0. The number of fused-ring (bicyclic) bond motifs is 2. The zero-order chi connectivity index (χ0) is 13.4. The molecule has 2 heteroatoms. The molecule has 0 bridgehead atoms. The van der Waals surface area contributed by atoms with Gasteiger partial charge in [-0.1, -0.05) is 32.0 Å². The molecule has 0 N–H and O–H groups in total. The molecule has 0 amide bonds. The van der Waals surface area contributed by atoms with Crippen LogP contribution in [0.1, 0.15) is 25.0 Å². The molecule has 0 saturated heterocycles. The molecule has 3 rings (SSSR count). The zero-order valence-electron chi connectivity index (χ0n) is 11.2. The molecule has 1 nitrogen and oxygen atoms in total. The fourth-order valence-corrected chi connectivity index (χ4v) is 3.74. The predicted molar refractivity (Wildman–Crippen MR) is 84.4 cm³/mol. The van der Waals surface area contributed by atoms with E-state index in [0.717, 1.165) is 33.0 Å². The van der Waals surface area contributed by atoms with Crippen molar-refractivity contribution in [3.05, 3.63) is 57.7 Å². The number of hydrogen-bond acceptors (Lipinski definition) is 2. The van der Waals surface area contributed by atoms with Gasteiger partial charge in [-0.15, -0.1) is 11.3 Å². The van der Waals surface area contributed by atoms with Crippen molar-refractivity contribution in [3.63, 3.8) is 0 Å². The fourth-order valence-electron chi connectivity index (χ4n) is 2.55. The third kappa shape index (κ3) is 1.96. The average Bonchev–Trinajstić information content (AvgIpc) is 2.46. The summed E-state index contributed by atoms with van der Waals surface area (Å²) in [5, 5.41) is 1.77. The van der Waals surface area contributed by atoms with Gasteiger partial charge >= 0.3 is 0 Å². The molecule has 3 aromatic rings. The van der Waals surface area contributed by atoms with Crippen LogP contribution in [0.15, 0.2) is 41.2 Å². The summed E-state index contributed by atoms with van der Waals surface area (Å²) in [6, 6.07) is 12.3. The Labute approximate surface area is 116 Å². The van der Waals surface area contributed by atoms with Crippen LogP contribution < -0.4 is 5.43 Å². The molecule has 0 aliphatic rings. The Bertz CT molecular complexity index is 814. The van der Waals surface area contributed by atoms with Gasteiger partial charge in [0.05, 0.1) is 0 Å². The Morgan fingerprint density at radius 1 is 1.00 bits per heavy atom. The van der Waals surface area contributed by atoms with Gasteiger partial charge in [0.2, 0.25) is 0 Å². The topological polar surface area (TPSA) is 17.1 Å². The second-order valence-electron chi connectivity index (χ2n) is 4.76. The Hall–Kier alpha value is -1.67. The highest BCUT2D eigenvalue weighted by molar-refractivity contribution is 7.24. The lowest BCUT2D eigenvalue weighted by molar-refractivity contribution is 1.10. The standard InChI is InChI=1S/C17H16OS/c1-3-11-9-12(4-2)16-15(10-11)19-14-8-6-5-7-13(14)17(16)18/h5-10H,3-4H2,1-2H3. The highest BCUT2D eigenvalue weighted by Crippen LogP contribution is 2.28. The van der Waals surface area contributed by atoms with E-state index in [2.05, 4.69) is 26.0 Å². The van der Waals surface area contributed by atoms with Gasteiger partial charge in [-0.3, -0.25) is 4.79 Å². The van der Waals surface area contributed by atoms with Crippen LogP contribution in [0.25, 0.3) is 20.2 Å². The van der Waals surface area contributed by atoms with Gasteiger partial charge in [-0.25, -0.2) is 0 Å². The van der Waals surface area contributed by atoms with Gasteiger partial charge in [0, 0.05) is 20.2 Å². The van der Waals surface area contributed by atoms with E-state index >= 15 is 0 Å². The van der Waals surface area contributed by atoms with Crippen LogP contribution in [0.2, 0.25) is 0 Å². The predicted octanol–water partition coefficient (Wildman–Crippen LogP) is 4.54. The minimum Gasteiger partial charge on any atom is -0.288 e. The second kappa shape index (κ2) is 4.78. The molecule has 1 aromatic heterocycles. The first-order chi connectivity index (χ1) is 9.24. The number of benzene rings is 2. The summed E-state index contributed by atoms with van der Waals surface area (Å²) in [5.41, 5.74) is 2.68. The number of rotatable bonds is 2. The summed E-state index contributed by atoms with van der Waals surface area (Å²) in [4.78, 5) is 12.7. The normalized spacial score (nSPS) is 11.3. The Kier molecular flexibility index (Phi) is 3.11. The van der Waals surface area contributed by atoms with Crippen molar-refractivity contribution >= 4 is 31.5 Å². The molecule has 0 unspecified atom stereocenters. The molecule has 96 valence electrons. The van der Waals surface area contributed by atoms with Gasteiger partial charge in [-0.05, 0) is 42.2 Å². The average molecular weight is 268 g/mol. The lowest BCUT2D eigenvalue weighted by Gasteiger charge is -2.08. The van der Waals surface area contributed by atoms with Gasteiger partial charge in [0.1, 0.15) is 0 Å². The second-order valence-corrected chi connectivity index (χ2v) is 5.85. The SMILES string of the molecule is CCc1cc(CC)c2c(=O)c3ccccc3sc2c1. The van der Waals surface area contributed by atoms with E-state index in [9.17, 15) is 4.79 Å². The smallest absolute Gasteiger partial charge is 0.196 e. The Morgan fingerprint density at radius 3 is 2.53 bits per heavy atom. The first-order valence-electron chi connectivity index (χ1n) is 6.72. The number of aryl methyl sites for hydroxylation is 2. The van der Waals surface area contributed by atoms with Crippen LogP contribution in [0.5, 0.6) is 0 Å². The van der Waals surface area contributed by atoms with Crippen molar-refractivity contribution in [2.45, 2.75) is 26.7 Å². The molecule has 0 atom stereocenters. The first kappa shape index (κ1) is 12.4. The third-order valence-electron chi connectivity index (χ3n) is 3.61. The molecule has 2 aromatic carbocycles. The van der Waals surface area contributed by atoms with Crippen LogP contribution in [0, 0.1) is 0 Å². The lowest BCUT2D eigenvalue weighted by Crippen LogP contribution is -2.04. The molecule has 0 spiro atoms. The summed E-state index contributed by atoms with van der Waals surface area (Å²) in [5.74, 6) is 0. The van der Waals surface area contributed by atoms with E-state index in [1.165, 1.54) is 11.1 Å². The van der Waals surface area contributed by atoms with Crippen LogP contribution in [0.4, 0.5) is 0 Å². The van der Waals surface area contributed by atoms with E-state index in [-0.39, 0.29) is 5.43 Å². The fraction of sp³-hybridized carbons (Fsp3) is 0.235. The zero-order valence-corrected chi connectivity index (χ0v) is 12.0. The van der Waals surface area contributed by atoms with Crippen molar-refractivity contribution < 1.29 is 0 Å². The maximum Gasteiger partial charge on any atom is 0.196 e. The lowest BCUT2D eigenvalue weighted by atomic mass is 10.0. The Balaban J connectivity index is 2.54. The van der Waals surface area contributed by atoms with Crippen LogP contribution in [-0.4, -0.2) is 0 Å². The Morgan fingerprint density at radius 2 is 1.79 bits per heavy atom. The minimum atomic E-state index is 0.184. The van der Waals surface area contributed by atoms with Crippen LogP contribution in [0.3, 0.4) is 0 Å². The first-order valence-corrected chi connectivity index (χ1v) is 7.53. The van der Waals surface area contributed by atoms with Gasteiger partial charge in [0.25, 0.3) is 0 Å².